The maximum absolute atomic E-state index is 13.4. The van der Waals surface area contributed by atoms with Crippen molar-refractivity contribution in [3.63, 3.8) is 0 Å². The number of benzene rings is 1. The number of rotatable bonds is 5. The molecule has 7 heteroatoms. The van der Waals surface area contributed by atoms with Crippen LogP contribution in [0.1, 0.15) is 5.56 Å². The molecule has 4 N–H and O–H groups in total. The molecule has 1 aliphatic heterocycles. The van der Waals surface area contributed by atoms with Crippen LogP contribution in [0.5, 0.6) is 0 Å². The third kappa shape index (κ3) is 4.24. The van der Waals surface area contributed by atoms with Crippen molar-refractivity contribution in [2.45, 2.75) is 12.6 Å². The minimum atomic E-state index is -0.488. The molecule has 0 saturated carbocycles. The van der Waals surface area contributed by atoms with Gasteiger partial charge in [-0.15, -0.1) is 0 Å². The van der Waals surface area contributed by atoms with Crippen LogP contribution in [0.3, 0.4) is 0 Å². The zero-order valence-electron chi connectivity index (χ0n) is 11.6. The van der Waals surface area contributed by atoms with Crippen LogP contribution >= 0.6 is 0 Å². The van der Waals surface area contributed by atoms with Crippen molar-refractivity contribution in [1.82, 2.24) is 15.5 Å². The number of nitrogens with one attached hydrogen (secondary N) is 2. The van der Waals surface area contributed by atoms with Crippen LogP contribution in [-0.2, 0) is 16.1 Å². The molecule has 1 unspecified atom stereocenters. The molecule has 2 amide bonds. The van der Waals surface area contributed by atoms with E-state index in [1.165, 1.54) is 6.07 Å². The molecule has 1 aliphatic rings. The summed E-state index contributed by atoms with van der Waals surface area (Å²) in [5.41, 5.74) is 5.74. The lowest BCUT2D eigenvalue weighted by Crippen LogP contribution is -2.58. The van der Waals surface area contributed by atoms with Crippen molar-refractivity contribution in [3.8, 4) is 0 Å². The Bertz CT molecular complexity index is 523. The van der Waals surface area contributed by atoms with Crippen LogP contribution in [-0.4, -0.2) is 48.9 Å². The van der Waals surface area contributed by atoms with Gasteiger partial charge in [-0.05, 0) is 6.07 Å². The van der Waals surface area contributed by atoms with E-state index in [0.29, 0.717) is 25.2 Å². The van der Waals surface area contributed by atoms with E-state index < -0.39 is 11.9 Å². The second kappa shape index (κ2) is 7.14. The Balaban J connectivity index is 1.86. The van der Waals surface area contributed by atoms with Crippen LogP contribution in [0.25, 0.3) is 0 Å². The molecule has 1 aromatic rings. The maximum Gasteiger partial charge on any atom is 0.236 e. The molecule has 0 spiro atoms. The molecular formula is C14H19FN4O2. The van der Waals surface area contributed by atoms with Gasteiger partial charge in [-0.2, -0.15) is 0 Å². The second-order valence-corrected chi connectivity index (χ2v) is 4.96. The number of halogens is 1. The number of amides is 2. The molecule has 6 nitrogen and oxygen atoms in total. The molecule has 1 saturated heterocycles. The zero-order valence-corrected chi connectivity index (χ0v) is 11.6. The first-order chi connectivity index (χ1) is 10.1. The molecule has 21 heavy (non-hydrogen) atoms. The molecule has 0 bridgehead atoms. The lowest BCUT2D eigenvalue weighted by atomic mass is 10.1. The summed E-state index contributed by atoms with van der Waals surface area (Å²) in [6.07, 6.45) is 0. The SMILES string of the molecule is NC(=O)C1CNCCN1CC(=O)NCc1ccccc1F. The number of hydrogen-bond donors (Lipinski definition) is 3. The lowest BCUT2D eigenvalue weighted by molar-refractivity contribution is -0.127. The molecule has 0 aliphatic carbocycles. The van der Waals surface area contributed by atoms with Crippen LogP contribution in [0.15, 0.2) is 24.3 Å². The van der Waals surface area contributed by atoms with Gasteiger partial charge in [0.15, 0.2) is 0 Å². The fourth-order valence-electron chi connectivity index (χ4n) is 2.29. The van der Waals surface area contributed by atoms with Crippen molar-refractivity contribution < 1.29 is 14.0 Å². The summed E-state index contributed by atoms with van der Waals surface area (Å²) < 4.78 is 13.4. The molecule has 1 fully saturated rings. The first-order valence-electron chi connectivity index (χ1n) is 6.82. The molecule has 1 heterocycles. The van der Waals surface area contributed by atoms with Crippen molar-refractivity contribution >= 4 is 11.8 Å². The number of primary amides is 1. The Morgan fingerprint density at radius 3 is 2.90 bits per heavy atom. The fourth-order valence-corrected chi connectivity index (χ4v) is 2.29. The fraction of sp³-hybridized carbons (Fsp3) is 0.429. The number of hydrogen-bond acceptors (Lipinski definition) is 4. The molecule has 0 radical (unpaired) electrons. The van der Waals surface area contributed by atoms with Gasteiger partial charge in [0, 0.05) is 31.7 Å². The van der Waals surface area contributed by atoms with Crippen LogP contribution in [0.4, 0.5) is 4.39 Å². The van der Waals surface area contributed by atoms with E-state index >= 15 is 0 Å². The van der Waals surface area contributed by atoms with E-state index in [0.717, 1.165) is 0 Å². The predicted molar refractivity (Wildman–Crippen MR) is 75.7 cm³/mol. The molecule has 2 rings (SSSR count). The van der Waals surface area contributed by atoms with Crippen molar-refractivity contribution in [1.29, 1.82) is 0 Å². The monoisotopic (exact) mass is 294 g/mol. The number of carbonyl (C=O) groups is 2. The van der Waals surface area contributed by atoms with Gasteiger partial charge >= 0.3 is 0 Å². The summed E-state index contributed by atoms with van der Waals surface area (Å²) in [4.78, 5) is 25.0. The van der Waals surface area contributed by atoms with Gasteiger partial charge in [-0.3, -0.25) is 14.5 Å². The first kappa shape index (κ1) is 15.4. The second-order valence-electron chi connectivity index (χ2n) is 4.96. The largest absolute Gasteiger partial charge is 0.368 e. The Labute approximate surface area is 122 Å². The van der Waals surface area contributed by atoms with E-state index in [9.17, 15) is 14.0 Å². The maximum atomic E-state index is 13.4. The Kier molecular flexibility index (Phi) is 5.24. The molecule has 1 aromatic carbocycles. The highest BCUT2D eigenvalue weighted by Gasteiger charge is 2.28. The summed E-state index contributed by atoms with van der Waals surface area (Å²) >= 11 is 0. The third-order valence-corrected chi connectivity index (χ3v) is 3.46. The minimum absolute atomic E-state index is 0.0732. The molecular weight excluding hydrogens is 275 g/mol. The van der Waals surface area contributed by atoms with Crippen LogP contribution in [0.2, 0.25) is 0 Å². The van der Waals surface area contributed by atoms with Gasteiger partial charge < -0.3 is 16.4 Å². The average Bonchev–Trinajstić information content (AvgIpc) is 2.47. The van der Waals surface area contributed by atoms with E-state index in [1.54, 1.807) is 23.1 Å². The van der Waals surface area contributed by atoms with Crippen LogP contribution in [0, 0.1) is 5.82 Å². The topological polar surface area (TPSA) is 87.5 Å². The molecule has 0 aromatic heterocycles. The van der Waals surface area contributed by atoms with Gasteiger partial charge in [0.05, 0.1) is 6.54 Å². The van der Waals surface area contributed by atoms with Gasteiger partial charge in [0.1, 0.15) is 11.9 Å². The minimum Gasteiger partial charge on any atom is -0.368 e. The predicted octanol–water partition coefficient (Wildman–Crippen LogP) is -0.799. The number of piperazine rings is 1. The standard InChI is InChI=1S/C14H19FN4O2/c15-11-4-2-1-3-10(11)7-18-13(20)9-19-6-5-17-8-12(19)14(16)21/h1-4,12,17H,5-9H2,(H2,16,21)(H,18,20). The zero-order chi connectivity index (χ0) is 15.2. The number of nitrogens with two attached hydrogens (primary N) is 1. The smallest absolute Gasteiger partial charge is 0.236 e. The van der Waals surface area contributed by atoms with Gasteiger partial charge in [0.25, 0.3) is 0 Å². The van der Waals surface area contributed by atoms with E-state index in [2.05, 4.69) is 10.6 Å². The summed E-state index contributed by atoms with van der Waals surface area (Å²) in [5.74, 6) is -1.06. The molecule has 1 atom stereocenters. The highest BCUT2D eigenvalue weighted by molar-refractivity contribution is 5.82. The number of carbonyl (C=O) groups excluding carboxylic acids is 2. The third-order valence-electron chi connectivity index (χ3n) is 3.46. The average molecular weight is 294 g/mol. The highest BCUT2D eigenvalue weighted by atomic mass is 19.1. The summed E-state index contributed by atoms with van der Waals surface area (Å²) in [6.45, 7) is 1.91. The number of nitrogens with zero attached hydrogens (tertiary/aromatic N) is 1. The summed E-state index contributed by atoms with van der Waals surface area (Å²) in [5, 5.41) is 5.71. The quantitative estimate of drug-likeness (QED) is 0.663. The highest BCUT2D eigenvalue weighted by Crippen LogP contribution is 2.06. The van der Waals surface area contributed by atoms with Crippen molar-refractivity contribution in [2.75, 3.05) is 26.2 Å². The van der Waals surface area contributed by atoms with Gasteiger partial charge in [-0.25, -0.2) is 4.39 Å². The van der Waals surface area contributed by atoms with Gasteiger partial charge in [-0.1, -0.05) is 18.2 Å². The van der Waals surface area contributed by atoms with Crippen LogP contribution < -0.4 is 16.4 Å². The van der Waals surface area contributed by atoms with E-state index in [1.807, 2.05) is 0 Å². The van der Waals surface area contributed by atoms with Crippen molar-refractivity contribution in [3.05, 3.63) is 35.6 Å². The molecule has 114 valence electrons. The Morgan fingerprint density at radius 2 is 2.19 bits per heavy atom. The van der Waals surface area contributed by atoms with E-state index in [-0.39, 0.29) is 24.8 Å². The normalized spacial score (nSPS) is 19.2. The van der Waals surface area contributed by atoms with Gasteiger partial charge in [0.2, 0.25) is 11.8 Å². The Hall–Kier alpha value is -1.99. The van der Waals surface area contributed by atoms with E-state index in [4.69, 9.17) is 5.73 Å². The summed E-state index contributed by atoms with van der Waals surface area (Å²) in [6, 6.07) is 5.79. The first-order valence-corrected chi connectivity index (χ1v) is 6.82. The lowest BCUT2D eigenvalue weighted by Gasteiger charge is -2.33. The Morgan fingerprint density at radius 1 is 1.43 bits per heavy atom. The van der Waals surface area contributed by atoms with Crippen molar-refractivity contribution in [2.24, 2.45) is 5.73 Å². The summed E-state index contributed by atoms with van der Waals surface area (Å²) in [7, 11) is 0.